The highest BCUT2D eigenvalue weighted by Gasteiger charge is 2.31. The summed E-state index contributed by atoms with van der Waals surface area (Å²) in [7, 11) is 0. The summed E-state index contributed by atoms with van der Waals surface area (Å²) < 4.78 is 0. The molecule has 0 saturated heterocycles. The van der Waals surface area contributed by atoms with E-state index in [1.54, 1.807) is 12.3 Å². The molecule has 1 aliphatic rings. The van der Waals surface area contributed by atoms with E-state index in [2.05, 4.69) is 23.3 Å². The van der Waals surface area contributed by atoms with Crippen LogP contribution in [0.2, 0.25) is 0 Å². The van der Waals surface area contributed by atoms with Gasteiger partial charge in [-0.1, -0.05) is 19.8 Å². The molecule has 0 spiro atoms. The fourth-order valence-electron chi connectivity index (χ4n) is 2.76. The van der Waals surface area contributed by atoms with E-state index in [9.17, 15) is 0 Å². The maximum absolute atomic E-state index is 9.07. The Morgan fingerprint density at radius 1 is 1.50 bits per heavy atom. The van der Waals surface area contributed by atoms with Gasteiger partial charge in [-0.15, -0.1) is 0 Å². The number of nitrogen functional groups attached to an aromatic ring is 1. The van der Waals surface area contributed by atoms with Crippen molar-refractivity contribution in [2.75, 3.05) is 17.6 Å². The van der Waals surface area contributed by atoms with Crippen LogP contribution in [0, 0.1) is 16.7 Å². The summed E-state index contributed by atoms with van der Waals surface area (Å²) in [5, 5.41) is 12.4. The zero-order valence-electron chi connectivity index (χ0n) is 10.9. The molecule has 18 heavy (non-hydrogen) atoms. The van der Waals surface area contributed by atoms with Gasteiger partial charge in [0.05, 0.1) is 17.4 Å². The van der Waals surface area contributed by atoms with Crippen LogP contribution in [0.1, 0.15) is 44.6 Å². The third kappa shape index (κ3) is 2.56. The van der Waals surface area contributed by atoms with Crippen LogP contribution in [0.25, 0.3) is 0 Å². The molecule has 1 aromatic heterocycles. The fraction of sp³-hybridized carbons (Fsp3) is 0.571. The third-order valence-corrected chi connectivity index (χ3v) is 4.07. The van der Waals surface area contributed by atoms with Crippen LogP contribution in [-0.4, -0.2) is 11.5 Å². The van der Waals surface area contributed by atoms with Gasteiger partial charge in [-0.3, -0.25) is 0 Å². The van der Waals surface area contributed by atoms with Crippen LogP contribution in [0.5, 0.6) is 0 Å². The average molecular weight is 244 g/mol. The number of nitrogens with two attached hydrogens (primary N) is 1. The Hall–Kier alpha value is -1.76. The van der Waals surface area contributed by atoms with E-state index in [-0.39, 0.29) is 0 Å². The van der Waals surface area contributed by atoms with Gasteiger partial charge >= 0.3 is 0 Å². The Bertz CT molecular complexity index is 455. The summed E-state index contributed by atoms with van der Waals surface area (Å²) in [4.78, 5) is 4.22. The van der Waals surface area contributed by atoms with Crippen LogP contribution < -0.4 is 11.1 Å². The largest absolute Gasteiger partial charge is 0.397 e. The number of anilines is 2. The maximum Gasteiger partial charge on any atom is 0.144 e. The van der Waals surface area contributed by atoms with Gasteiger partial charge in [-0.25, -0.2) is 4.98 Å². The molecule has 0 atom stereocenters. The monoisotopic (exact) mass is 244 g/mol. The first-order valence-electron chi connectivity index (χ1n) is 6.58. The Morgan fingerprint density at radius 2 is 2.22 bits per heavy atom. The van der Waals surface area contributed by atoms with Gasteiger partial charge in [0.2, 0.25) is 0 Å². The minimum Gasteiger partial charge on any atom is -0.397 e. The van der Waals surface area contributed by atoms with Crippen molar-refractivity contribution < 1.29 is 0 Å². The molecule has 0 unspecified atom stereocenters. The van der Waals surface area contributed by atoms with Crippen molar-refractivity contribution in [1.29, 1.82) is 5.26 Å². The summed E-state index contributed by atoms with van der Waals surface area (Å²) in [6.45, 7) is 3.14. The van der Waals surface area contributed by atoms with Gasteiger partial charge in [-0.05, 0) is 30.7 Å². The first-order chi connectivity index (χ1) is 8.69. The van der Waals surface area contributed by atoms with E-state index in [4.69, 9.17) is 11.0 Å². The number of aromatic nitrogens is 1. The quantitative estimate of drug-likeness (QED) is 0.854. The SMILES string of the molecule is CCC1(CNc2ncc(N)cc2C#N)CCCC1. The number of hydrogen-bond donors (Lipinski definition) is 2. The van der Waals surface area contributed by atoms with E-state index in [0.29, 0.717) is 22.5 Å². The molecule has 3 N–H and O–H groups in total. The van der Waals surface area contributed by atoms with E-state index in [0.717, 1.165) is 6.54 Å². The second kappa shape index (κ2) is 5.26. The van der Waals surface area contributed by atoms with E-state index in [1.165, 1.54) is 32.1 Å². The number of rotatable bonds is 4. The molecule has 0 radical (unpaired) electrons. The molecule has 1 fully saturated rings. The van der Waals surface area contributed by atoms with Gasteiger partial charge in [0.1, 0.15) is 11.9 Å². The van der Waals surface area contributed by atoms with Gasteiger partial charge in [0, 0.05) is 6.54 Å². The Balaban J connectivity index is 2.08. The maximum atomic E-state index is 9.07. The van der Waals surface area contributed by atoms with Crippen molar-refractivity contribution in [2.24, 2.45) is 5.41 Å². The predicted molar refractivity (Wildman–Crippen MR) is 73.0 cm³/mol. The Kier molecular flexibility index (Phi) is 3.71. The van der Waals surface area contributed by atoms with Crippen molar-refractivity contribution >= 4 is 11.5 Å². The lowest BCUT2D eigenvalue weighted by molar-refractivity contribution is 0.306. The first-order valence-corrected chi connectivity index (χ1v) is 6.58. The normalized spacial score (nSPS) is 17.3. The standard InChI is InChI=1S/C14H20N4/c1-2-14(5-3-4-6-14)10-18-13-11(8-15)7-12(16)9-17-13/h7,9H,2-6,10,16H2,1H3,(H,17,18). The summed E-state index contributed by atoms with van der Waals surface area (Å²) in [5.74, 6) is 0.659. The molecule has 0 bridgehead atoms. The molecule has 4 heteroatoms. The Labute approximate surface area is 108 Å². The molecule has 96 valence electrons. The average Bonchev–Trinajstić information content (AvgIpc) is 2.86. The number of hydrogen-bond acceptors (Lipinski definition) is 4. The first kappa shape index (κ1) is 12.7. The van der Waals surface area contributed by atoms with E-state index in [1.807, 2.05) is 0 Å². The van der Waals surface area contributed by atoms with Crippen molar-refractivity contribution in [3.63, 3.8) is 0 Å². The molecule has 4 nitrogen and oxygen atoms in total. The second-order valence-electron chi connectivity index (χ2n) is 5.19. The topological polar surface area (TPSA) is 74.7 Å². The Morgan fingerprint density at radius 3 is 2.83 bits per heavy atom. The fourth-order valence-corrected chi connectivity index (χ4v) is 2.76. The molecule has 2 rings (SSSR count). The number of nitriles is 1. The number of nitrogens with zero attached hydrogens (tertiary/aromatic N) is 2. The highest BCUT2D eigenvalue weighted by molar-refractivity contribution is 5.57. The molecule has 1 aromatic rings. The van der Waals surface area contributed by atoms with Crippen molar-refractivity contribution in [3.05, 3.63) is 17.8 Å². The molecule has 1 aliphatic carbocycles. The molecular weight excluding hydrogens is 224 g/mol. The predicted octanol–water partition coefficient (Wildman–Crippen LogP) is 2.92. The molecule has 0 aromatic carbocycles. The minimum absolute atomic E-state index is 0.385. The number of pyridine rings is 1. The van der Waals surface area contributed by atoms with E-state index >= 15 is 0 Å². The summed E-state index contributed by atoms with van der Waals surface area (Å²) in [6, 6.07) is 3.81. The molecule has 0 aliphatic heterocycles. The minimum atomic E-state index is 0.385. The highest BCUT2D eigenvalue weighted by Crippen LogP contribution is 2.40. The van der Waals surface area contributed by atoms with Crippen molar-refractivity contribution in [1.82, 2.24) is 4.98 Å². The molecule has 0 amide bonds. The summed E-state index contributed by atoms with van der Waals surface area (Å²) in [6.07, 6.45) is 7.94. The third-order valence-electron chi connectivity index (χ3n) is 4.07. The van der Waals surface area contributed by atoms with Crippen LogP contribution in [-0.2, 0) is 0 Å². The lowest BCUT2D eigenvalue weighted by atomic mass is 9.83. The van der Waals surface area contributed by atoms with Crippen molar-refractivity contribution in [3.8, 4) is 6.07 Å². The van der Waals surface area contributed by atoms with Gasteiger partial charge in [-0.2, -0.15) is 5.26 Å². The van der Waals surface area contributed by atoms with Gasteiger partial charge in [0.15, 0.2) is 0 Å². The van der Waals surface area contributed by atoms with Crippen LogP contribution in [0.3, 0.4) is 0 Å². The van der Waals surface area contributed by atoms with Gasteiger partial charge < -0.3 is 11.1 Å². The summed E-state index contributed by atoms with van der Waals surface area (Å²) >= 11 is 0. The zero-order chi connectivity index (χ0) is 13.0. The lowest BCUT2D eigenvalue weighted by Gasteiger charge is -2.28. The molecular formula is C14H20N4. The highest BCUT2D eigenvalue weighted by atomic mass is 15.0. The number of nitrogens with one attached hydrogen (secondary N) is 1. The van der Waals surface area contributed by atoms with E-state index < -0.39 is 0 Å². The van der Waals surface area contributed by atoms with Crippen LogP contribution in [0.15, 0.2) is 12.3 Å². The van der Waals surface area contributed by atoms with Crippen LogP contribution in [0.4, 0.5) is 11.5 Å². The van der Waals surface area contributed by atoms with Gasteiger partial charge in [0.25, 0.3) is 0 Å². The molecule has 1 saturated carbocycles. The summed E-state index contributed by atoms with van der Waals surface area (Å²) in [5.41, 5.74) is 7.07. The second-order valence-corrected chi connectivity index (χ2v) is 5.19. The zero-order valence-corrected chi connectivity index (χ0v) is 10.9. The van der Waals surface area contributed by atoms with Crippen LogP contribution >= 0.6 is 0 Å². The molecule has 1 heterocycles. The lowest BCUT2D eigenvalue weighted by Crippen LogP contribution is -2.26. The van der Waals surface area contributed by atoms with Crippen molar-refractivity contribution in [2.45, 2.75) is 39.0 Å². The smallest absolute Gasteiger partial charge is 0.144 e.